The van der Waals surface area contributed by atoms with Crippen LogP contribution in [0.3, 0.4) is 0 Å². The van der Waals surface area contributed by atoms with Crippen LogP contribution in [-0.4, -0.2) is 28.8 Å². The monoisotopic (exact) mass is 298 g/mol. The van der Waals surface area contributed by atoms with E-state index in [1.54, 1.807) is 17.9 Å². The first-order valence-electron chi connectivity index (χ1n) is 7.81. The molecule has 116 valence electrons. The fraction of sp³-hybridized carbons (Fsp3) is 0.412. The number of benzene rings is 1. The molecule has 3 rings (SSSR count). The van der Waals surface area contributed by atoms with Gasteiger partial charge in [0.15, 0.2) is 0 Å². The van der Waals surface area contributed by atoms with Gasteiger partial charge in [0, 0.05) is 19.3 Å². The van der Waals surface area contributed by atoms with Crippen LogP contribution in [0, 0.1) is 0 Å². The van der Waals surface area contributed by atoms with Gasteiger partial charge in [0.05, 0.1) is 11.9 Å². The van der Waals surface area contributed by atoms with Gasteiger partial charge in [0.25, 0.3) is 0 Å². The Balaban J connectivity index is 1.59. The van der Waals surface area contributed by atoms with Crippen LogP contribution in [0.2, 0.25) is 0 Å². The van der Waals surface area contributed by atoms with Crippen LogP contribution in [0.1, 0.15) is 24.0 Å². The molecule has 1 aromatic carbocycles. The molecule has 0 saturated carbocycles. The number of anilines is 1. The summed E-state index contributed by atoms with van der Waals surface area (Å²) >= 11 is 0. The van der Waals surface area contributed by atoms with Crippen molar-refractivity contribution >= 4 is 11.6 Å². The van der Waals surface area contributed by atoms with Crippen molar-refractivity contribution in [3.8, 4) is 0 Å². The highest BCUT2D eigenvalue weighted by atomic mass is 16.1. The third-order valence-electron chi connectivity index (χ3n) is 4.23. The van der Waals surface area contributed by atoms with E-state index in [1.807, 2.05) is 6.20 Å². The molecule has 0 bridgehead atoms. The number of nitrogens with one attached hydrogen (secondary N) is 2. The Hall–Kier alpha value is -2.30. The van der Waals surface area contributed by atoms with Crippen LogP contribution in [0.25, 0.3) is 0 Å². The van der Waals surface area contributed by atoms with Gasteiger partial charge < -0.3 is 10.6 Å². The molecule has 2 N–H and O–H groups in total. The maximum Gasteiger partial charge on any atom is 0.241 e. The van der Waals surface area contributed by atoms with Crippen LogP contribution < -0.4 is 10.6 Å². The number of amides is 1. The highest BCUT2D eigenvalue weighted by molar-refractivity contribution is 5.75. The summed E-state index contributed by atoms with van der Waals surface area (Å²) in [5.41, 5.74) is 3.93. The predicted octanol–water partition coefficient (Wildman–Crippen LogP) is 1.99. The number of nitrogens with zero attached hydrogens (tertiary/aromatic N) is 2. The topological polar surface area (TPSA) is 59.0 Å². The Bertz CT molecular complexity index is 623. The van der Waals surface area contributed by atoms with E-state index in [-0.39, 0.29) is 12.5 Å². The second-order valence-electron chi connectivity index (χ2n) is 5.79. The average molecular weight is 298 g/mol. The van der Waals surface area contributed by atoms with Crippen molar-refractivity contribution in [3.63, 3.8) is 0 Å². The Morgan fingerprint density at radius 3 is 2.59 bits per heavy atom. The molecule has 1 aliphatic carbocycles. The summed E-state index contributed by atoms with van der Waals surface area (Å²) in [4.78, 5) is 11.4. The molecular weight excluding hydrogens is 276 g/mol. The van der Waals surface area contributed by atoms with Gasteiger partial charge >= 0.3 is 0 Å². The third-order valence-corrected chi connectivity index (χ3v) is 4.23. The van der Waals surface area contributed by atoms with Gasteiger partial charge in [-0.2, -0.15) is 5.10 Å². The van der Waals surface area contributed by atoms with Gasteiger partial charge in [-0.05, 0) is 36.8 Å². The lowest BCUT2D eigenvalue weighted by Crippen LogP contribution is -2.23. The highest BCUT2D eigenvalue weighted by Gasteiger charge is 2.16. The van der Waals surface area contributed by atoms with E-state index in [0.717, 1.165) is 31.4 Å². The molecule has 0 atom stereocenters. The average Bonchev–Trinajstić information content (AvgIpc) is 2.86. The van der Waals surface area contributed by atoms with E-state index < -0.39 is 0 Å². The van der Waals surface area contributed by atoms with Gasteiger partial charge in [-0.25, -0.2) is 0 Å². The molecule has 1 heterocycles. The zero-order valence-corrected chi connectivity index (χ0v) is 12.9. The van der Waals surface area contributed by atoms with E-state index in [9.17, 15) is 4.79 Å². The Morgan fingerprint density at radius 2 is 1.95 bits per heavy atom. The smallest absolute Gasteiger partial charge is 0.241 e. The van der Waals surface area contributed by atoms with E-state index in [1.165, 1.54) is 11.1 Å². The van der Waals surface area contributed by atoms with Crippen molar-refractivity contribution in [2.75, 3.05) is 12.4 Å². The highest BCUT2D eigenvalue weighted by Crippen LogP contribution is 2.22. The minimum atomic E-state index is -0.0421. The molecule has 0 fully saturated rings. The molecule has 5 heteroatoms. The predicted molar refractivity (Wildman–Crippen MR) is 86.8 cm³/mol. The lowest BCUT2D eigenvalue weighted by atomic mass is 10.0. The fourth-order valence-corrected chi connectivity index (χ4v) is 2.98. The van der Waals surface area contributed by atoms with Gasteiger partial charge in [0.1, 0.15) is 6.54 Å². The molecule has 1 amide bonds. The number of rotatable bonds is 4. The van der Waals surface area contributed by atoms with Crippen molar-refractivity contribution in [3.05, 3.63) is 47.8 Å². The summed E-state index contributed by atoms with van der Waals surface area (Å²) in [5, 5.41) is 10.4. The van der Waals surface area contributed by atoms with Crippen molar-refractivity contribution in [2.45, 2.75) is 38.3 Å². The quantitative estimate of drug-likeness (QED) is 0.849. The summed E-state index contributed by atoms with van der Waals surface area (Å²) in [6.45, 7) is 0.258. The number of aromatic nitrogens is 2. The maximum absolute atomic E-state index is 11.4. The Morgan fingerprint density at radius 1 is 1.27 bits per heavy atom. The minimum Gasteiger partial charge on any atom is -0.380 e. The van der Waals surface area contributed by atoms with Gasteiger partial charge in [-0.1, -0.05) is 24.3 Å². The number of carbonyl (C=O) groups is 1. The summed E-state index contributed by atoms with van der Waals surface area (Å²) in [6, 6.07) is 9.16. The van der Waals surface area contributed by atoms with Crippen molar-refractivity contribution in [1.29, 1.82) is 0 Å². The molecule has 0 saturated heterocycles. The van der Waals surface area contributed by atoms with E-state index >= 15 is 0 Å². The van der Waals surface area contributed by atoms with Crippen LogP contribution in [0.5, 0.6) is 0 Å². The number of likely N-dealkylation sites (N-methyl/N-ethyl adjacent to an activating group) is 1. The summed E-state index contributed by atoms with van der Waals surface area (Å²) in [5.74, 6) is -0.0421. The SMILES string of the molecule is CNC(=O)Cn1cc(NC2CCc3ccccc3CC2)cn1. The van der Waals surface area contributed by atoms with Gasteiger partial charge in [0.2, 0.25) is 5.91 Å². The van der Waals surface area contributed by atoms with Crippen LogP contribution in [0.15, 0.2) is 36.7 Å². The zero-order valence-electron chi connectivity index (χ0n) is 12.9. The van der Waals surface area contributed by atoms with E-state index in [4.69, 9.17) is 0 Å². The zero-order chi connectivity index (χ0) is 15.4. The Labute approximate surface area is 130 Å². The molecule has 1 aromatic heterocycles. The van der Waals surface area contributed by atoms with Gasteiger partial charge in [-0.3, -0.25) is 9.48 Å². The molecule has 0 aliphatic heterocycles. The molecule has 0 radical (unpaired) electrons. The van der Waals surface area contributed by atoms with Crippen molar-refractivity contribution in [2.24, 2.45) is 0 Å². The first-order valence-corrected chi connectivity index (χ1v) is 7.81. The van der Waals surface area contributed by atoms with Crippen LogP contribution in [-0.2, 0) is 24.2 Å². The standard InChI is InChI=1S/C17H22N4O/c1-18-17(22)12-21-11-16(10-19-21)20-15-8-6-13-4-2-3-5-14(13)7-9-15/h2-5,10-11,15,20H,6-9,12H2,1H3,(H,18,22). The lowest BCUT2D eigenvalue weighted by Gasteiger charge is -2.15. The van der Waals surface area contributed by atoms with Crippen molar-refractivity contribution < 1.29 is 4.79 Å². The second-order valence-corrected chi connectivity index (χ2v) is 5.79. The number of hydrogen-bond acceptors (Lipinski definition) is 3. The lowest BCUT2D eigenvalue weighted by molar-refractivity contribution is -0.121. The van der Waals surface area contributed by atoms with Crippen LogP contribution in [0.4, 0.5) is 5.69 Å². The summed E-state index contributed by atoms with van der Waals surface area (Å²) in [6.07, 6.45) is 8.16. The van der Waals surface area contributed by atoms with Crippen LogP contribution >= 0.6 is 0 Å². The van der Waals surface area contributed by atoms with E-state index in [2.05, 4.69) is 40.0 Å². The second kappa shape index (κ2) is 6.64. The summed E-state index contributed by atoms with van der Waals surface area (Å²) < 4.78 is 1.66. The normalized spacial score (nSPS) is 15.0. The number of carbonyl (C=O) groups excluding carboxylic acids is 1. The summed E-state index contributed by atoms with van der Waals surface area (Å²) in [7, 11) is 1.63. The molecule has 2 aromatic rings. The van der Waals surface area contributed by atoms with E-state index in [0.29, 0.717) is 6.04 Å². The molecule has 5 nitrogen and oxygen atoms in total. The Kier molecular flexibility index (Phi) is 4.42. The molecule has 0 spiro atoms. The fourth-order valence-electron chi connectivity index (χ4n) is 2.98. The van der Waals surface area contributed by atoms with Gasteiger partial charge in [-0.15, -0.1) is 0 Å². The first kappa shape index (κ1) is 14.6. The number of fused-ring (bicyclic) bond motifs is 1. The first-order chi connectivity index (χ1) is 10.7. The number of aryl methyl sites for hydroxylation is 2. The largest absolute Gasteiger partial charge is 0.380 e. The maximum atomic E-state index is 11.4. The minimum absolute atomic E-state index is 0.0421. The van der Waals surface area contributed by atoms with Crippen molar-refractivity contribution in [1.82, 2.24) is 15.1 Å². The number of hydrogen-bond donors (Lipinski definition) is 2. The molecule has 0 unspecified atom stereocenters. The third kappa shape index (κ3) is 3.47. The molecule has 1 aliphatic rings. The molecular formula is C17H22N4O. The molecule has 22 heavy (non-hydrogen) atoms.